The van der Waals surface area contributed by atoms with Gasteiger partial charge in [0.15, 0.2) is 5.96 Å². The highest BCUT2D eigenvalue weighted by molar-refractivity contribution is 14.0. The molecule has 23 heavy (non-hydrogen) atoms. The Labute approximate surface area is 157 Å². The first-order valence-electron chi connectivity index (χ1n) is 7.71. The second-order valence-corrected chi connectivity index (χ2v) is 6.10. The average Bonchev–Trinajstić information content (AvgIpc) is 2.50. The van der Waals surface area contributed by atoms with Crippen LogP contribution >= 0.6 is 24.0 Å². The number of ether oxygens (including phenoxy) is 1. The van der Waals surface area contributed by atoms with E-state index >= 15 is 0 Å². The topological polar surface area (TPSA) is 48.9 Å². The molecule has 6 heteroatoms. The van der Waals surface area contributed by atoms with Crippen molar-refractivity contribution in [3.8, 4) is 5.75 Å². The van der Waals surface area contributed by atoms with Gasteiger partial charge >= 0.3 is 0 Å². The highest BCUT2D eigenvalue weighted by Gasteiger charge is 2.20. The molecule has 0 amide bonds. The molecule has 0 radical (unpaired) electrons. The molecular formula is C17H31IN4O. The van der Waals surface area contributed by atoms with Crippen LogP contribution in [0.25, 0.3) is 0 Å². The summed E-state index contributed by atoms with van der Waals surface area (Å²) in [5.41, 5.74) is 1.22. The summed E-state index contributed by atoms with van der Waals surface area (Å²) in [6, 6.07) is 7.99. The van der Waals surface area contributed by atoms with Gasteiger partial charge in [-0.1, -0.05) is 12.1 Å². The van der Waals surface area contributed by atoms with Crippen LogP contribution in [0.4, 0.5) is 0 Å². The van der Waals surface area contributed by atoms with Crippen molar-refractivity contribution in [2.24, 2.45) is 4.99 Å². The average molecular weight is 434 g/mol. The van der Waals surface area contributed by atoms with Gasteiger partial charge in [0.2, 0.25) is 0 Å². The van der Waals surface area contributed by atoms with Crippen LogP contribution in [0.2, 0.25) is 0 Å². The number of aliphatic imine (C=N–C) groups is 1. The fourth-order valence-electron chi connectivity index (χ4n) is 1.70. The van der Waals surface area contributed by atoms with Gasteiger partial charge in [-0.2, -0.15) is 0 Å². The van der Waals surface area contributed by atoms with E-state index in [1.807, 2.05) is 24.3 Å². The summed E-state index contributed by atoms with van der Waals surface area (Å²) >= 11 is 0. The van der Waals surface area contributed by atoms with Crippen molar-refractivity contribution in [2.45, 2.75) is 32.9 Å². The minimum atomic E-state index is 0. The molecule has 1 aromatic carbocycles. The first-order valence-corrected chi connectivity index (χ1v) is 7.71. The van der Waals surface area contributed by atoms with Gasteiger partial charge in [-0.15, -0.1) is 24.0 Å². The molecule has 0 unspecified atom stereocenters. The number of halogens is 1. The van der Waals surface area contributed by atoms with Crippen LogP contribution in [0, 0.1) is 0 Å². The van der Waals surface area contributed by atoms with E-state index in [1.54, 1.807) is 7.11 Å². The zero-order valence-electron chi connectivity index (χ0n) is 15.1. The summed E-state index contributed by atoms with van der Waals surface area (Å²) in [5, 5.41) is 6.69. The van der Waals surface area contributed by atoms with E-state index in [1.165, 1.54) is 0 Å². The Morgan fingerprint density at radius 3 is 2.26 bits per heavy atom. The molecule has 0 aliphatic rings. The third-order valence-electron chi connectivity index (χ3n) is 3.82. The van der Waals surface area contributed by atoms with Crippen LogP contribution in [0.5, 0.6) is 5.75 Å². The predicted octanol–water partition coefficient (Wildman–Crippen LogP) is 2.71. The second kappa shape index (κ2) is 10.7. The number of nitrogens with zero attached hydrogens (tertiary/aromatic N) is 2. The van der Waals surface area contributed by atoms with E-state index in [4.69, 9.17) is 4.74 Å². The molecule has 0 atom stereocenters. The summed E-state index contributed by atoms with van der Waals surface area (Å²) in [6.07, 6.45) is 0. The maximum Gasteiger partial charge on any atom is 0.191 e. The van der Waals surface area contributed by atoms with Gasteiger partial charge in [0.25, 0.3) is 0 Å². The van der Waals surface area contributed by atoms with Crippen molar-refractivity contribution < 1.29 is 4.74 Å². The number of guanidine groups is 1. The molecule has 0 aliphatic heterocycles. The number of hydrogen-bond acceptors (Lipinski definition) is 3. The first kappa shape index (κ1) is 22.0. The van der Waals surface area contributed by atoms with Gasteiger partial charge in [0, 0.05) is 18.6 Å². The van der Waals surface area contributed by atoms with E-state index in [-0.39, 0.29) is 29.5 Å². The molecule has 0 saturated heterocycles. The van der Waals surface area contributed by atoms with E-state index in [0.29, 0.717) is 6.54 Å². The number of hydrogen-bond donors (Lipinski definition) is 2. The molecule has 1 aromatic rings. The van der Waals surface area contributed by atoms with E-state index < -0.39 is 0 Å². The van der Waals surface area contributed by atoms with Crippen molar-refractivity contribution >= 4 is 29.9 Å². The summed E-state index contributed by atoms with van der Waals surface area (Å²) in [7, 11) is 5.85. The molecule has 0 spiro atoms. The standard InChI is InChI=1S/C17H30N4O.HI/c1-7-18-16(20-13-17(2,3)21(4)5)19-12-14-8-10-15(22-6)11-9-14;/h8-11H,7,12-13H2,1-6H3,(H2,18,19,20);1H. The highest BCUT2D eigenvalue weighted by atomic mass is 127. The minimum Gasteiger partial charge on any atom is -0.497 e. The van der Waals surface area contributed by atoms with Gasteiger partial charge in [-0.3, -0.25) is 0 Å². The Bertz CT molecular complexity index is 472. The van der Waals surface area contributed by atoms with E-state index in [9.17, 15) is 0 Å². The monoisotopic (exact) mass is 434 g/mol. The van der Waals surface area contributed by atoms with Crippen molar-refractivity contribution in [2.75, 3.05) is 34.3 Å². The van der Waals surface area contributed by atoms with Gasteiger partial charge in [0.05, 0.1) is 13.7 Å². The maximum absolute atomic E-state index is 5.17. The van der Waals surface area contributed by atoms with Gasteiger partial charge in [-0.25, -0.2) is 4.99 Å². The second-order valence-electron chi connectivity index (χ2n) is 6.10. The summed E-state index contributed by atoms with van der Waals surface area (Å²) in [6.45, 7) is 8.79. The lowest BCUT2D eigenvalue weighted by molar-refractivity contribution is 0.197. The molecule has 2 N–H and O–H groups in total. The van der Waals surface area contributed by atoms with Crippen LogP contribution in [0.1, 0.15) is 26.3 Å². The SMILES string of the molecule is CCNC(=NCc1ccc(OC)cc1)NCC(C)(C)N(C)C.I. The Morgan fingerprint density at radius 1 is 1.17 bits per heavy atom. The lowest BCUT2D eigenvalue weighted by Crippen LogP contribution is -2.50. The smallest absolute Gasteiger partial charge is 0.191 e. The predicted molar refractivity (Wildman–Crippen MR) is 109 cm³/mol. The molecule has 0 saturated carbocycles. The van der Waals surface area contributed by atoms with Crippen molar-refractivity contribution in [3.63, 3.8) is 0 Å². The van der Waals surface area contributed by atoms with Crippen LogP contribution in [-0.2, 0) is 6.54 Å². The van der Waals surface area contributed by atoms with Gasteiger partial charge < -0.3 is 20.3 Å². The first-order chi connectivity index (χ1) is 10.4. The lowest BCUT2D eigenvalue weighted by atomic mass is 10.0. The fourth-order valence-corrected chi connectivity index (χ4v) is 1.70. The molecule has 5 nitrogen and oxygen atoms in total. The number of benzene rings is 1. The van der Waals surface area contributed by atoms with E-state index in [2.05, 4.69) is 55.4 Å². The molecule has 0 bridgehead atoms. The molecule has 0 aromatic heterocycles. The molecular weight excluding hydrogens is 403 g/mol. The molecule has 0 heterocycles. The fraction of sp³-hybridized carbons (Fsp3) is 0.588. The Balaban J connectivity index is 0.00000484. The molecule has 132 valence electrons. The maximum atomic E-state index is 5.17. The Morgan fingerprint density at radius 2 is 1.78 bits per heavy atom. The lowest BCUT2D eigenvalue weighted by Gasteiger charge is -2.33. The molecule has 0 aliphatic carbocycles. The van der Waals surface area contributed by atoms with Crippen LogP contribution in [0.3, 0.4) is 0 Å². The minimum absolute atomic E-state index is 0. The van der Waals surface area contributed by atoms with Crippen LogP contribution in [-0.4, -0.2) is 50.7 Å². The van der Waals surface area contributed by atoms with Crippen LogP contribution in [0.15, 0.2) is 29.3 Å². The van der Waals surface area contributed by atoms with Gasteiger partial charge in [0.1, 0.15) is 5.75 Å². The Hall–Kier alpha value is -1.02. The summed E-state index contributed by atoms with van der Waals surface area (Å²) in [5.74, 6) is 1.71. The normalized spacial score (nSPS) is 11.9. The van der Waals surface area contributed by atoms with E-state index in [0.717, 1.165) is 30.4 Å². The third-order valence-corrected chi connectivity index (χ3v) is 3.82. The number of likely N-dealkylation sites (N-methyl/N-ethyl adjacent to an activating group) is 1. The van der Waals surface area contributed by atoms with Crippen molar-refractivity contribution in [3.05, 3.63) is 29.8 Å². The summed E-state index contributed by atoms with van der Waals surface area (Å²) in [4.78, 5) is 6.84. The molecule has 1 rings (SSSR count). The number of rotatable bonds is 7. The quantitative estimate of drug-likeness (QED) is 0.394. The third kappa shape index (κ3) is 7.87. The van der Waals surface area contributed by atoms with Crippen molar-refractivity contribution in [1.82, 2.24) is 15.5 Å². The Kier molecular flexibility index (Phi) is 10.2. The zero-order valence-corrected chi connectivity index (χ0v) is 17.5. The largest absolute Gasteiger partial charge is 0.497 e. The van der Waals surface area contributed by atoms with Crippen molar-refractivity contribution in [1.29, 1.82) is 0 Å². The molecule has 0 fully saturated rings. The van der Waals surface area contributed by atoms with Crippen LogP contribution < -0.4 is 15.4 Å². The number of nitrogens with one attached hydrogen (secondary N) is 2. The highest BCUT2D eigenvalue weighted by Crippen LogP contribution is 2.12. The van der Waals surface area contributed by atoms with Gasteiger partial charge in [-0.05, 0) is 52.6 Å². The zero-order chi connectivity index (χ0) is 16.6. The number of methoxy groups -OCH3 is 1. The summed E-state index contributed by atoms with van der Waals surface area (Å²) < 4.78 is 5.17.